The van der Waals surface area contributed by atoms with E-state index in [-0.39, 0.29) is 12.3 Å². The molecule has 1 heterocycles. The largest absolute Gasteiger partial charge is 0.493 e. The zero-order valence-corrected chi connectivity index (χ0v) is 16.5. The average Bonchev–Trinajstić information content (AvgIpc) is 2.72. The molecule has 27 heavy (non-hydrogen) atoms. The Balaban J connectivity index is 2.34. The summed E-state index contributed by atoms with van der Waals surface area (Å²) in [5, 5.41) is 3.50. The molecule has 0 radical (unpaired) electrons. The number of methoxy groups -OCH3 is 3. The lowest BCUT2D eigenvalue weighted by molar-refractivity contribution is -0.141. The van der Waals surface area contributed by atoms with Crippen molar-refractivity contribution in [3.8, 4) is 11.5 Å². The molecule has 1 aromatic heterocycles. The summed E-state index contributed by atoms with van der Waals surface area (Å²) in [5.74, 6) is 0.300. The molecular weight excluding hydrogens is 368 g/mol. The van der Waals surface area contributed by atoms with Gasteiger partial charge in [-0.05, 0) is 36.1 Å². The number of nitrogens with zero attached hydrogens (tertiary/aromatic N) is 1. The molecule has 0 aliphatic carbocycles. The Morgan fingerprint density at radius 2 is 1.89 bits per heavy atom. The zero-order valence-electron chi connectivity index (χ0n) is 15.6. The topological polar surface area (TPSA) is 86.8 Å². The Hall–Kier alpha value is -2.74. The van der Waals surface area contributed by atoms with E-state index in [1.165, 1.54) is 33.1 Å². The van der Waals surface area contributed by atoms with Crippen molar-refractivity contribution in [1.29, 1.82) is 0 Å². The normalized spacial score (nSPS) is 11.4. The predicted octanol–water partition coefficient (Wildman–Crippen LogP) is 2.85. The third-order valence-corrected chi connectivity index (χ3v) is 4.63. The molecule has 0 saturated heterocycles. The molecule has 0 aliphatic rings. The molecule has 2 aromatic rings. The highest BCUT2D eigenvalue weighted by Gasteiger charge is 2.22. The van der Waals surface area contributed by atoms with E-state index in [4.69, 9.17) is 14.2 Å². The van der Waals surface area contributed by atoms with Gasteiger partial charge in [0.25, 0.3) is 5.91 Å². The molecule has 0 bridgehead atoms. The Labute approximate surface area is 162 Å². The van der Waals surface area contributed by atoms with Crippen molar-refractivity contribution in [3.05, 3.63) is 47.7 Å². The van der Waals surface area contributed by atoms with Crippen LogP contribution in [0.15, 0.2) is 41.6 Å². The van der Waals surface area contributed by atoms with Crippen LogP contribution >= 0.6 is 11.8 Å². The molecule has 0 aliphatic heterocycles. The monoisotopic (exact) mass is 390 g/mol. The van der Waals surface area contributed by atoms with Gasteiger partial charge in [-0.3, -0.25) is 9.59 Å². The first-order chi connectivity index (χ1) is 13.0. The summed E-state index contributed by atoms with van der Waals surface area (Å²) >= 11 is 1.38. The van der Waals surface area contributed by atoms with Gasteiger partial charge in [0.2, 0.25) is 0 Å². The SMILES string of the molecule is COC(=O)C[C@H](NC(=O)c1cccnc1SC)c1ccc(OC)c(OC)c1. The number of esters is 1. The lowest BCUT2D eigenvalue weighted by Gasteiger charge is -2.20. The summed E-state index contributed by atoms with van der Waals surface area (Å²) in [7, 11) is 4.37. The molecule has 1 atom stereocenters. The highest BCUT2D eigenvalue weighted by molar-refractivity contribution is 7.98. The summed E-state index contributed by atoms with van der Waals surface area (Å²) < 4.78 is 15.3. The first-order valence-corrected chi connectivity index (χ1v) is 9.35. The summed E-state index contributed by atoms with van der Waals surface area (Å²) in [6.45, 7) is 0. The van der Waals surface area contributed by atoms with Crippen molar-refractivity contribution in [3.63, 3.8) is 0 Å². The summed E-state index contributed by atoms with van der Waals surface area (Å²) in [4.78, 5) is 28.9. The zero-order chi connectivity index (χ0) is 19.8. The number of pyridine rings is 1. The highest BCUT2D eigenvalue weighted by atomic mass is 32.2. The lowest BCUT2D eigenvalue weighted by atomic mass is 10.0. The van der Waals surface area contributed by atoms with Gasteiger partial charge >= 0.3 is 5.97 Å². The highest BCUT2D eigenvalue weighted by Crippen LogP contribution is 2.31. The van der Waals surface area contributed by atoms with Crippen LogP contribution in [0.25, 0.3) is 0 Å². The second-order valence-corrected chi connectivity index (χ2v) is 6.28. The molecule has 7 nitrogen and oxygen atoms in total. The van der Waals surface area contributed by atoms with Crippen LogP contribution in [0.5, 0.6) is 11.5 Å². The lowest BCUT2D eigenvalue weighted by Crippen LogP contribution is -2.31. The molecule has 0 unspecified atom stereocenters. The number of rotatable bonds is 8. The molecule has 1 N–H and O–H groups in total. The predicted molar refractivity (Wildman–Crippen MR) is 102 cm³/mol. The van der Waals surface area contributed by atoms with Crippen LogP contribution in [0, 0.1) is 0 Å². The van der Waals surface area contributed by atoms with E-state index in [1.807, 2.05) is 6.26 Å². The van der Waals surface area contributed by atoms with Gasteiger partial charge < -0.3 is 19.5 Å². The summed E-state index contributed by atoms with van der Waals surface area (Å²) in [6, 6.07) is 8.01. The number of benzene rings is 1. The van der Waals surface area contributed by atoms with Gasteiger partial charge in [0.1, 0.15) is 5.03 Å². The van der Waals surface area contributed by atoms with Gasteiger partial charge in [0.05, 0.1) is 39.4 Å². The Morgan fingerprint density at radius 1 is 1.15 bits per heavy atom. The van der Waals surface area contributed by atoms with E-state index in [0.29, 0.717) is 27.7 Å². The maximum absolute atomic E-state index is 12.8. The molecule has 2 rings (SSSR count). The van der Waals surface area contributed by atoms with Gasteiger partial charge in [-0.25, -0.2) is 4.98 Å². The van der Waals surface area contributed by atoms with Crippen LogP contribution in [-0.2, 0) is 9.53 Å². The van der Waals surface area contributed by atoms with Crippen LogP contribution < -0.4 is 14.8 Å². The third kappa shape index (κ3) is 5.13. The Bertz CT molecular complexity index is 812. The first-order valence-electron chi connectivity index (χ1n) is 8.12. The summed E-state index contributed by atoms with van der Waals surface area (Å²) in [6.07, 6.45) is 3.45. The van der Waals surface area contributed by atoms with Gasteiger partial charge in [-0.2, -0.15) is 0 Å². The molecule has 1 amide bonds. The quantitative estimate of drug-likeness (QED) is 0.548. The van der Waals surface area contributed by atoms with E-state index in [0.717, 1.165) is 0 Å². The van der Waals surface area contributed by atoms with Crippen molar-refractivity contribution < 1.29 is 23.8 Å². The minimum atomic E-state index is -0.598. The molecule has 0 fully saturated rings. The minimum Gasteiger partial charge on any atom is -0.493 e. The number of carbonyl (C=O) groups is 2. The minimum absolute atomic E-state index is 0.0212. The fourth-order valence-electron chi connectivity index (χ4n) is 2.53. The number of hydrogen-bond donors (Lipinski definition) is 1. The van der Waals surface area contributed by atoms with Crippen molar-refractivity contribution in [2.75, 3.05) is 27.6 Å². The fraction of sp³-hybridized carbons (Fsp3) is 0.316. The first kappa shape index (κ1) is 20.6. The standard InChI is InChI=1S/C19H22N2O5S/c1-24-15-8-7-12(10-16(15)25-2)14(11-17(22)26-3)21-18(23)13-6-5-9-20-19(13)27-4/h5-10,14H,11H2,1-4H3,(H,21,23)/t14-/m0/s1. The average molecular weight is 390 g/mol. The fourth-order valence-corrected chi connectivity index (χ4v) is 3.08. The molecule has 0 saturated carbocycles. The number of hydrogen-bond acceptors (Lipinski definition) is 7. The molecule has 1 aromatic carbocycles. The Kier molecular flexibility index (Phi) is 7.48. The van der Waals surface area contributed by atoms with E-state index in [9.17, 15) is 9.59 Å². The number of aromatic nitrogens is 1. The maximum Gasteiger partial charge on any atom is 0.307 e. The second-order valence-electron chi connectivity index (χ2n) is 5.48. The van der Waals surface area contributed by atoms with Gasteiger partial charge in [0.15, 0.2) is 11.5 Å². The van der Waals surface area contributed by atoms with Gasteiger partial charge in [-0.15, -0.1) is 11.8 Å². The van der Waals surface area contributed by atoms with E-state index >= 15 is 0 Å². The van der Waals surface area contributed by atoms with Gasteiger partial charge in [0, 0.05) is 6.20 Å². The van der Waals surface area contributed by atoms with Crippen molar-refractivity contribution in [2.45, 2.75) is 17.5 Å². The number of carbonyl (C=O) groups excluding carboxylic acids is 2. The molecular formula is C19H22N2O5S. The van der Waals surface area contributed by atoms with Crippen molar-refractivity contribution in [1.82, 2.24) is 10.3 Å². The molecule has 144 valence electrons. The smallest absolute Gasteiger partial charge is 0.307 e. The summed E-state index contributed by atoms with van der Waals surface area (Å²) in [5.41, 5.74) is 1.14. The number of thioether (sulfide) groups is 1. The van der Waals surface area contributed by atoms with Crippen LogP contribution in [0.3, 0.4) is 0 Å². The maximum atomic E-state index is 12.8. The third-order valence-electron chi connectivity index (χ3n) is 3.92. The number of amides is 1. The molecule has 8 heteroatoms. The van der Waals surface area contributed by atoms with Crippen LogP contribution in [0.1, 0.15) is 28.4 Å². The van der Waals surface area contributed by atoms with Crippen LogP contribution in [0.4, 0.5) is 0 Å². The second kappa shape index (κ2) is 9.82. The van der Waals surface area contributed by atoms with Crippen LogP contribution in [-0.4, -0.2) is 44.4 Å². The van der Waals surface area contributed by atoms with Crippen LogP contribution in [0.2, 0.25) is 0 Å². The van der Waals surface area contributed by atoms with E-state index < -0.39 is 12.0 Å². The van der Waals surface area contributed by atoms with Crippen molar-refractivity contribution >= 4 is 23.6 Å². The van der Waals surface area contributed by atoms with Gasteiger partial charge in [-0.1, -0.05) is 6.07 Å². The Morgan fingerprint density at radius 3 is 2.52 bits per heavy atom. The number of nitrogens with one attached hydrogen (secondary N) is 1. The number of ether oxygens (including phenoxy) is 3. The van der Waals surface area contributed by atoms with E-state index in [1.54, 1.807) is 36.5 Å². The van der Waals surface area contributed by atoms with E-state index in [2.05, 4.69) is 10.3 Å². The molecule has 0 spiro atoms. The van der Waals surface area contributed by atoms with Crippen molar-refractivity contribution in [2.24, 2.45) is 0 Å².